The van der Waals surface area contributed by atoms with E-state index in [2.05, 4.69) is 4.98 Å². The van der Waals surface area contributed by atoms with Gasteiger partial charge in [0.15, 0.2) is 0 Å². The monoisotopic (exact) mass is 281 g/mol. The number of pyridine rings is 1. The first-order chi connectivity index (χ1) is 8.54. The van der Waals surface area contributed by atoms with Crippen LogP contribution in [0.5, 0.6) is 0 Å². The smallest absolute Gasteiger partial charge is 0.133 e. The predicted molar refractivity (Wildman–Crippen MR) is 77.2 cm³/mol. The Hall–Kier alpha value is -1.45. The van der Waals surface area contributed by atoms with Crippen molar-refractivity contribution in [3.8, 4) is 0 Å². The van der Waals surface area contributed by atoms with Crippen molar-refractivity contribution in [3.63, 3.8) is 0 Å². The second kappa shape index (κ2) is 5.46. The molecule has 0 amide bonds. The first kappa shape index (κ1) is 13.0. The van der Waals surface area contributed by atoms with Gasteiger partial charge in [-0.05, 0) is 23.8 Å². The second-order valence-corrected chi connectivity index (χ2v) is 4.89. The van der Waals surface area contributed by atoms with Crippen molar-refractivity contribution in [1.82, 2.24) is 4.98 Å². The molecule has 0 unspecified atom stereocenters. The number of nitrogen functional groups attached to an aromatic ring is 1. The van der Waals surface area contributed by atoms with Crippen LogP contribution in [0.4, 0.5) is 11.5 Å². The molecule has 18 heavy (non-hydrogen) atoms. The molecule has 0 saturated carbocycles. The first-order valence-corrected chi connectivity index (χ1v) is 6.19. The number of nitrogens with two attached hydrogens (primary N) is 1. The quantitative estimate of drug-likeness (QED) is 0.874. The van der Waals surface area contributed by atoms with Gasteiger partial charge in [-0.1, -0.05) is 35.3 Å². The Morgan fingerprint density at radius 1 is 1.22 bits per heavy atom. The molecule has 1 heterocycles. The summed E-state index contributed by atoms with van der Waals surface area (Å²) in [6.45, 7) is 0.688. The van der Waals surface area contributed by atoms with Gasteiger partial charge in [-0.2, -0.15) is 0 Å². The highest BCUT2D eigenvalue weighted by molar-refractivity contribution is 6.30. The van der Waals surface area contributed by atoms with Crippen molar-refractivity contribution in [3.05, 3.63) is 52.1 Å². The molecule has 3 nitrogen and oxygen atoms in total. The number of aromatic nitrogens is 1. The van der Waals surface area contributed by atoms with Crippen LogP contribution in [0, 0.1) is 0 Å². The van der Waals surface area contributed by atoms with E-state index in [-0.39, 0.29) is 0 Å². The van der Waals surface area contributed by atoms with Crippen LogP contribution in [0.2, 0.25) is 10.2 Å². The summed E-state index contributed by atoms with van der Waals surface area (Å²) in [5.74, 6) is 0.736. The zero-order valence-corrected chi connectivity index (χ0v) is 11.4. The standard InChI is InChI=1S/C13H13Cl2N3/c1-18(8-9-3-2-4-10(14)5-9)13-7-11(16)6-12(15)17-13/h2-7H,8H2,1H3,(H2,16,17). The average molecular weight is 282 g/mol. The first-order valence-electron chi connectivity index (χ1n) is 5.43. The predicted octanol–water partition coefficient (Wildman–Crippen LogP) is 3.61. The minimum atomic E-state index is 0.392. The van der Waals surface area contributed by atoms with Crippen molar-refractivity contribution in [1.29, 1.82) is 0 Å². The van der Waals surface area contributed by atoms with Gasteiger partial charge in [0.1, 0.15) is 11.0 Å². The third kappa shape index (κ3) is 3.28. The van der Waals surface area contributed by atoms with E-state index in [9.17, 15) is 0 Å². The molecular weight excluding hydrogens is 269 g/mol. The summed E-state index contributed by atoms with van der Waals surface area (Å²) in [4.78, 5) is 6.20. The molecule has 0 spiro atoms. The van der Waals surface area contributed by atoms with Gasteiger partial charge < -0.3 is 10.6 Å². The van der Waals surface area contributed by atoms with Gasteiger partial charge in [0.25, 0.3) is 0 Å². The van der Waals surface area contributed by atoms with E-state index in [1.807, 2.05) is 36.2 Å². The molecule has 2 N–H and O–H groups in total. The fourth-order valence-corrected chi connectivity index (χ4v) is 2.11. The molecule has 0 bridgehead atoms. The highest BCUT2D eigenvalue weighted by Gasteiger charge is 2.06. The van der Waals surface area contributed by atoms with Crippen LogP contribution in [0.15, 0.2) is 36.4 Å². The Bertz CT molecular complexity index is 537. The number of nitrogens with zero attached hydrogens (tertiary/aromatic N) is 2. The molecule has 5 heteroatoms. The normalized spacial score (nSPS) is 10.4. The number of anilines is 2. The third-order valence-corrected chi connectivity index (χ3v) is 2.93. The lowest BCUT2D eigenvalue weighted by Gasteiger charge is -2.19. The molecule has 1 aromatic carbocycles. The van der Waals surface area contributed by atoms with Gasteiger partial charge in [-0.3, -0.25) is 0 Å². The summed E-state index contributed by atoms with van der Waals surface area (Å²) >= 11 is 11.8. The van der Waals surface area contributed by atoms with Crippen LogP contribution in [-0.2, 0) is 6.54 Å². The van der Waals surface area contributed by atoms with Gasteiger partial charge in [-0.15, -0.1) is 0 Å². The number of hydrogen-bond acceptors (Lipinski definition) is 3. The van der Waals surface area contributed by atoms with Crippen LogP contribution < -0.4 is 10.6 Å². The molecule has 2 rings (SSSR count). The number of rotatable bonds is 3. The lowest BCUT2D eigenvalue weighted by molar-refractivity contribution is 0.899. The van der Waals surface area contributed by atoms with Crippen LogP contribution in [0.1, 0.15) is 5.56 Å². The van der Waals surface area contributed by atoms with Crippen molar-refractivity contribution in [2.24, 2.45) is 0 Å². The van der Waals surface area contributed by atoms with E-state index < -0.39 is 0 Å². The summed E-state index contributed by atoms with van der Waals surface area (Å²) in [6, 6.07) is 11.1. The Kier molecular flexibility index (Phi) is 3.94. The third-order valence-electron chi connectivity index (χ3n) is 2.50. The Balaban J connectivity index is 2.19. The van der Waals surface area contributed by atoms with E-state index in [0.717, 1.165) is 16.4 Å². The summed E-state index contributed by atoms with van der Waals surface area (Å²) in [5.41, 5.74) is 7.44. The van der Waals surface area contributed by atoms with Crippen molar-refractivity contribution < 1.29 is 0 Å². The fraction of sp³-hybridized carbons (Fsp3) is 0.154. The molecule has 94 valence electrons. The molecule has 0 aliphatic rings. The van der Waals surface area contributed by atoms with Crippen LogP contribution in [0.3, 0.4) is 0 Å². The van der Waals surface area contributed by atoms with E-state index >= 15 is 0 Å². The number of benzene rings is 1. The molecule has 0 saturated heterocycles. The minimum Gasteiger partial charge on any atom is -0.399 e. The average Bonchev–Trinajstić information content (AvgIpc) is 2.27. The van der Waals surface area contributed by atoms with E-state index in [0.29, 0.717) is 17.4 Å². The summed E-state index contributed by atoms with van der Waals surface area (Å²) in [5, 5.41) is 1.11. The maximum atomic E-state index is 5.95. The maximum Gasteiger partial charge on any atom is 0.133 e. The van der Waals surface area contributed by atoms with E-state index in [1.54, 1.807) is 12.1 Å². The molecule has 1 aromatic heterocycles. The molecular formula is C13H13Cl2N3. The Morgan fingerprint density at radius 3 is 2.67 bits per heavy atom. The van der Waals surface area contributed by atoms with Gasteiger partial charge in [0, 0.05) is 30.4 Å². The highest BCUT2D eigenvalue weighted by atomic mass is 35.5. The van der Waals surface area contributed by atoms with Crippen molar-refractivity contribution in [2.45, 2.75) is 6.54 Å². The number of halogens is 2. The molecule has 2 aromatic rings. The zero-order chi connectivity index (χ0) is 13.1. The van der Waals surface area contributed by atoms with Crippen molar-refractivity contribution in [2.75, 3.05) is 17.7 Å². The Labute approximate surface area is 116 Å². The SMILES string of the molecule is CN(Cc1cccc(Cl)c1)c1cc(N)cc(Cl)n1. The molecule has 0 radical (unpaired) electrons. The minimum absolute atomic E-state index is 0.392. The lowest BCUT2D eigenvalue weighted by Crippen LogP contribution is -2.17. The summed E-state index contributed by atoms with van der Waals surface area (Å²) in [6.07, 6.45) is 0. The molecule has 0 fully saturated rings. The lowest BCUT2D eigenvalue weighted by atomic mass is 10.2. The van der Waals surface area contributed by atoms with Gasteiger partial charge >= 0.3 is 0 Å². The van der Waals surface area contributed by atoms with E-state index in [1.165, 1.54) is 0 Å². The number of hydrogen-bond donors (Lipinski definition) is 1. The van der Waals surface area contributed by atoms with E-state index in [4.69, 9.17) is 28.9 Å². The molecule has 0 aliphatic heterocycles. The van der Waals surface area contributed by atoms with Crippen molar-refractivity contribution >= 4 is 34.7 Å². The van der Waals surface area contributed by atoms with Crippen LogP contribution >= 0.6 is 23.2 Å². The second-order valence-electron chi connectivity index (χ2n) is 4.07. The molecule has 0 aliphatic carbocycles. The fourth-order valence-electron chi connectivity index (χ4n) is 1.69. The van der Waals surface area contributed by atoms with Gasteiger partial charge in [0.05, 0.1) is 0 Å². The molecule has 0 atom stereocenters. The van der Waals surface area contributed by atoms with Gasteiger partial charge in [-0.25, -0.2) is 4.98 Å². The highest BCUT2D eigenvalue weighted by Crippen LogP contribution is 2.20. The summed E-state index contributed by atoms with van der Waals surface area (Å²) in [7, 11) is 1.93. The summed E-state index contributed by atoms with van der Waals surface area (Å²) < 4.78 is 0. The zero-order valence-electron chi connectivity index (χ0n) is 9.90. The van der Waals surface area contributed by atoms with Crippen LogP contribution in [-0.4, -0.2) is 12.0 Å². The Morgan fingerprint density at radius 2 is 2.00 bits per heavy atom. The van der Waals surface area contributed by atoms with Gasteiger partial charge in [0.2, 0.25) is 0 Å². The largest absolute Gasteiger partial charge is 0.399 e. The van der Waals surface area contributed by atoms with Crippen LogP contribution in [0.25, 0.3) is 0 Å². The maximum absolute atomic E-state index is 5.95. The topological polar surface area (TPSA) is 42.1 Å².